The molecular weight excluding hydrogens is 232 g/mol. The predicted molar refractivity (Wildman–Crippen MR) is 74.6 cm³/mol. The average molecular weight is 262 g/mol. The van der Waals surface area contributed by atoms with Crippen LogP contribution in [0.15, 0.2) is 0 Å². The fraction of sp³-hybridized carbons (Fsp3) is 1.00. The second-order valence-corrected chi connectivity index (χ2v) is 11.2. The van der Waals surface area contributed by atoms with E-state index < -0.39 is 14.4 Å². The molecule has 1 unspecified atom stereocenters. The largest absolute Gasteiger partial charge is 0.414 e. The zero-order valence-corrected chi connectivity index (χ0v) is 13.4. The summed E-state index contributed by atoms with van der Waals surface area (Å²) in [5, 5.41) is 18.9. The van der Waals surface area contributed by atoms with Crippen molar-refractivity contribution in [2.75, 3.05) is 6.61 Å². The lowest BCUT2D eigenvalue weighted by Crippen LogP contribution is -2.47. The quantitative estimate of drug-likeness (QED) is 0.724. The van der Waals surface area contributed by atoms with Crippen molar-refractivity contribution in [3.05, 3.63) is 0 Å². The molecule has 0 aliphatic heterocycles. The first-order valence-corrected chi connectivity index (χ1v) is 9.44. The Hall–Kier alpha value is 0.0969. The minimum absolute atomic E-state index is 0.0260. The third-order valence-electron chi connectivity index (χ3n) is 4.03. The minimum Gasteiger partial charge on any atom is -0.414 e. The lowest BCUT2D eigenvalue weighted by Gasteiger charge is -2.41. The molecule has 0 spiro atoms. The average Bonchev–Trinajstić information content (AvgIpc) is 2.22. The van der Waals surface area contributed by atoms with Crippen LogP contribution in [0.1, 0.15) is 41.0 Å². The summed E-state index contributed by atoms with van der Waals surface area (Å²) in [4.78, 5) is 0. The molecule has 104 valence electrons. The highest BCUT2D eigenvalue weighted by molar-refractivity contribution is 6.74. The van der Waals surface area contributed by atoms with E-state index in [1.165, 1.54) is 0 Å². The molecule has 0 aromatic carbocycles. The van der Waals surface area contributed by atoms with Gasteiger partial charge >= 0.3 is 0 Å². The number of rotatable bonds is 6. The van der Waals surface area contributed by atoms with Crippen molar-refractivity contribution in [3.63, 3.8) is 0 Å². The standard InChI is InChI=1S/C13H30O3Si/c1-8-12(10(2)11(15)9-14)16-17(6,7)13(3,4)5/h10-12,14-15H,8-9H2,1-7H3/t10-,11?,12+/m1/s1. The van der Waals surface area contributed by atoms with Crippen molar-refractivity contribution >= 4 is 8.32 Å². The van der Waals surface area contributed by atoms with Gasteiger partial charge in [0.25, 0.3) is 0 Å². The van der Waals surface area contributed by atoms with E-state index in [0.717, 1.165) is 6.42 Å². The van der Waals surface area contributed by atoms with Crippen LogP contribution >= 0.6 is 0 Å². The summed E-state index contributed by atoms with van der Waals surface area (Å²) in [6.45, 7) is 14.9. The van der Waals surface area contributed by atoms with Crippen molar-refractivity contribution in [3.8, 4) is 0 Å². The van der Waals surface area contributed by atoms with E-state index in [1.54, 1.807) is 0 Å². The number of hydrogen-bond donors (Lipinski definition) is 2. The highest BCUT2D eigenvalue weighted by atomic mass is 28.4. The molecule has 0 saturated heterocycles. The Bertz CT molecular complexity index is 223. The van der Waals surface area contributed by atoms with Crippen LogP contribution in [0.2, 0.25) is 18.1 Å². The van der Waals surface area contributed by atoms with Gasteiger partial charge in [-0.25, -0.2) is 0 Å². The molecule has 0 amide bonds. The molecule has 3 atom stereocenters. The maximum absolute atomic E-state index is 9.71. The lowest BCUT2D eigenvalue weighted by molar-refractivity contribution is -0.00409. The molecule has 3 nitrogen and oxygen atoms in total. The molecule has 0 rings (SSSR count). The van der Waals surface area contributed by atoms with Gasteiger partial charge in [-0.2, -0.15) is 0 Å². The number of hydrogen-bond acceptors (Lipinski definition) is 3. The summed E-state index contributed by atoms with van der Waals surface area (Å²) in [5.41, 5.74) is 0. The van der Waals surface area contributed by atoms with Crippen LogP contribution in [0.4, 0.5) is 0 Å². The first-order chi connectivity index (χ1) is 7.56. The van der Waals surface area contributed by atoms with Gasteiger partial charge in [-0.15, -0.1) is 0 Å². The van der Waals surface area contributed by atoms with Crippen LogP contribution in [-0.4, -0.2) is 37.3 Å². The number of aliphatic hydroxyl groups excluding tert-OH is 2. The monoisotopic (exact) mass is 262 g/mol. The van der Waals surface area contributed by atoms with Crippen LogP contribution in [0.5, 0.6) is 0 Å². The zero-order chi connectivity index (χ0) is 13.9. The smallest absolute Gasteiger partial charge is 0.192 e. The maximum atomic E-state index is 9.71. The van der Waals surface area contributed by atoms with Crippen LogP contribution in [0.25, 0.3) is 0 Å². The molecule has 2 N–H and O–H groups in total. The molecular formula is C13H30O3Si. The van der Waals surface area contributed by atoms with Gasteiger partial charge in [0.2, 0.25) is 0 Å². The predicted octanol–water partition coefficient (Wildman–Crippen LogP) is 2.78. The summed E-state index contributed by atoms with van der Waals surface area (Å²) >= 11 is 0. The van der Waals surface area contributed by atoms with E-state index >= 15 is 0 Å². The normalized spacial score (nSPS) is 18.9. The second kappa shape index (κ2) is 6.32. The van der Waals surface area contributed by atoms with Crippen molar-refractivity contribution in [1.29, 1.82) is 0 Å². The Balaban J connectivity index is 4.71. The molecule has 0 fully saturated rings. The highest BCUT2D eigenvalue weighted by Crippen LogP contribution is 2.38. The molecule has 0 aromatic heterocycles. The molecule has 0 heterocycles. The van der Waals surface area contributed by atoms with Gasteiger partial charge in [0.15, 0.2) is 8.32 Å². The third kappa shape index (κ3) is 4.70. The lowest BCUT2D eigenvalue weighted by atomic mass is 9.97. The van der Waals surface area contributed by atoms with Crippen LogP contribution in [0.3, 0.4) is 0 Å². The second-order valence-electron chi connectivity index (χ2n) is 6.43. The van der Waals surface area contributed by atoms with E-state index in [1.807, 2.05) is 6.92 Å². The SMILES string of the molecule is CC[C@H](O[Si](C)(C)C(C)(C)C)[C@H](C)C(O)CO. The Morgan fingerprint density at radius 3 is 2.00 bits per heavy atom. The van der Waals surface area contributed by atoms with E-state index in [9.17, 15) is 5.11 Å². The molecule has 0 aromatic rings. The fourth-order valence-electron chi connectivity index (χ4n) is 1.53. The van der Waals surface area contributed by atoms with Gasteiger partial charge in [-0.05, 0) is 24.6 Å². The molecule has 0 saturated carbocycles. The van der Waals surface area contributed by atoms with Crippen molar-refractivity contribution in [2.45, 2.75) is 71.4 Å². The van der Waals surface area contributed by atoms with E-state index in [-0.39, 0.29) is 23.7 Å². The van der Waals surface area contributed by atoms with Gasteiger partial charge in [0, 0.05) is 12.0 Å². The molecule has 17 heavy (non-hydrogen) atoms. The highest BCUT2D eigenvalue weighted by Gasteiger charge is 2.40. The molecule has 0 radical (unpaired) electrons. The van der Waals surface area contributed by atoms with Crippen molar-refractivity contribution in [1.82, 2.24) is 0 Å². The van der Waals surface area contributed by atoms with Crippen LogP contribution < -0.4 is 0 Å². The van der Waals surface area contributed by atoms with E-state index in [0.29, 0.717) is 0 Å². The van der Waals surface area contributed by atoms with E-state index in [2.05, 4.69) is 40.8 Å². The Morgan fingerprint density at radius 2 is 1.71 bits per heavy atom. The fourth-order valence-corrected chi connectivity index (χ4v) is 3.02. The summed E-state index contributed by atoms with van der Waals surface area (Å²) < 4.78 is 6.30. The topological polar surface area (TPSA) is 49.7 Å². The summed E-state index contributed by atoms with van der Waals surface area (Å²) in [5.74, 6) is -0.0286. The van der Waals surface area contributed by atoms with Gasteiger partial charge in [-0.1, -0.05) is 34.6 Å². The van der Waals surface area contributed by atoms with Gasteiger partial charge in [0.1, 0.15) is 0 Å². The maximum Gasteiger partial charge on any atom is 0.192 e. The van der Waals surface area contributed by atoms with E-state index in [4.69, 9.17) is 9.53 Å². The Kier molecular flexibility index (Phi) is 6.35. The van der Waals surface area contributed by atoms with Crippen LogP contribution in [0, 0.1) is 5.92 Å². The van der Waals surface area contributed by atoms with Crippen molar-refractivity contribution in [2.24, 2.45) is 5.92 Å². The molecule has 0 aliphatic rings. The molecule has 4 heteroatoms. The number of aliphatic hydroxyl groups is 2. The zero-order valence-electron chi connectivity index (χ0n) is 12.4. The summed E-state index contributed by atoms with van der Waals surface area (Å²) in [6.07, 6.45) is 0.202. The first-order valence-electron chi connectivity index (χ1n) is 6.53. The van der Waals surface area contributed by atoms with Crippen LogP contribution in [-0.2, 0) is 4.43 Å². The van der Waals surface area contributed by atoms with Gasteiger partial charge in [0.05, 0.1) is 12.7 Å². The summed E-state index contributed by atoms with van der Waals surface area (Å²) in [7, 11) is -1.80. The van der Waals surface area contributed by atoms with Gasteiger partial charge < -0.3 is 14.6 Å². The Labute approximate surface area is 107 Å². The summed E-state index contributed by atoms with van der Waals surface area (Å²) in [6, 6.07) is 0. The first kappa shape index (κ1) is 17.1. The van der Waals surface area contributed by atoms with Crippen molar-refractivity contribution < 1.29 is 14.6 Å². The minimum atomic E-state index is -1.80. The third-order valence-corrected chi connectivity index (χ3v) is 8.54. The molecule has 0 bridgehead atoms. The van der Waals surface area contributed by atoms with Gasteiger partial charge in [-0.3, -0.25) is 0 Å². The molecule has 0 aliphatic carbocycles. The Morgan fingerprint density at radius 1 is 1.24 bits per heavy atom.